The number of rotatable bonds is 6. The van der Waals surface area contributed by atoms with Gasteiger partial charge in [0, 0.05) is 24.8 Å². The van der Waals surface area contributed by atoms with Gasteiger partial charge in [0.2, 0.25) is 0 Å². The van der Waals surface area contributed by atoms with Gasteiger partial charge in [0.25, 0.3) is 11.5 Å². The lowest BCUT2D eigenvalue weighted by Gasteiger charge is -2.27. The molecule has 0 radical (unpaired) electrons. The van der Waals surface area contributed by atoms with Crippen molar-refractivity contribution in [2.75, 3.05) is 20.3 Å². The fraction of sp³-hybridized carbons (Fsp3) is 0.458. The number of carbonyl (C=O) groups excluding carboxylic acids is 1. The first-order valence-corrected chi connectivity index (χ1v) is 11.5. The van der Waals surface area contributed by atoms with Crippen molar-refractivity contribution in [2.24, 2.45) is 5.92 Å². The van der Waals surface area contributed by atoms with Crippen molar-refractivity contribution in [1.29, 1.82) is 0 Å². The summed E-state index contributed by atoms with van der Waals surface area (Å²) < 4.78 is 12.6. The molecule has 9 heteroatoms. The van der Waals surface area contributed by atoms with Gasteiger partial charge in [-0.1, -0.05) is 18.5 Å². The highest BCUT2D eigenvalue weighted by Crippen LogP contribution is 2.39. The standard InChI is InChI=1S/C24H29ClN4O4/c1-13-5-6-18-20(24(31)26-12-17-19(32-4)11-14(2)27-23(17)30)21(25)22(29(18)28-13)15(3)16-7-9-33-10-8-16/h5-6,11,15-16H,7-10,12H2,1-4H3,(H,26,31)(H,27,30). The third-order valence-corrected chi connectivity index (χ3v) is 6.79. The number of aromatic nitrogens is 3. The van der Waals surface area contributed by atoms with Crippen molar-refractivity contribution in [3.05, 3.63) is 61.8 Å². The Bertz CT molecular complexity index is 1240. The van der Waals surface area contributed by atoms with Crippen LogP contribution in [-0.2, 0) is 11.3 Å². The topological polar surface area (TPSA) is 97.7 Å². The largest absolute Gasteiger partial charge is 0.496 e. The van der Waals surface area contributed by atoms with E-state index in [0.29, 0.717) is 39.0 Å². The predicted molar refractivity (Wildman–Crippen MR) is 126 cm³/mol. The quantitative estimate of drug-likeness (QED) is 0.569. The van der Waals surface area contributed by atoms with Gasteiger partial charge in [0.05, 0.1) is 46.7 Å². The average Bonchev–Trinajstić information content (AvgIpc) is 3.08. The maximum atomic E-state index is 13.3. The number of hydrogen-bond acceptors (Lipinski definition) is 5. The van der Waals surface area contributed by atoms with Crippen LogP contribution in [0, 0.1) is 19.8 Å². The monoisotopic (exact) mass is 472 g/mol. The summed E-state index contributed by atoms with van der Waals surface area (Å²) >= 11 is 6.86. The zero-order valence-corrected chi connectivity index (χ0v) is 20.1. The highest BCUT2D eigenvalue weighted by Gasteiger charge is 2.31. The summed E-state index contributed by atoms with van der Waals surface area (Å²) in [7, 11) is 1.50. The van der Waals surface area contributed by atoms with Gasteiger partial charge in [-0.05, 0) is 50.8 Å². The van der Waals surface area contributed by atoms with Crippen molar-refractivity contribution in [1.82, 2.24) is 19.9 Å². The van der Waals surface area contributed by atoms with Crippen LogP contribution in [0.4, 0.5) is 0 Å². The first kappa shape index (κ1) is 23.3. The second-order valence-corrected chi connectivity index (χ2v) is 8.97. The van der Waals surface area contributed by atoms with Gasteiger partial charge in [0.1, 0.15) is 5.75 Å². The number of hydrogen-bond donors (Lipinski definition) is 2. The lowest BCUT2D eigenvalue weighted by molar-refractivity contribution is 0.0590. The van der Waals surface area contributed by atoms with Crippen molar-refractivity contribution >= 4 is 23.0 Å². The van der Waals surface area contributed by atoms with Gasteiger partial charge < -0.3 is 19.8 Å². The van der Waals surface area contributed by atoms with E-state index in [-0.39, 0.29) is 23.9 Å². The van der Waals surface area contributed by atoms with E-state index >= 15 is 0 Å². The Morgan fingerprint density at radius 2 is 2.09 bits per heavy atom. The number of nitrogens with one attached hydrogen (secondary N) is 2. The molecule has 1 unspecified atom stereocenters. The average molecular weight is 473 g/mol. The minimum absolute atomic E-state index is 0.00935. The molecule has 1 amide bonds. The molecule has 1 atom stereocenters. The minimum Gasteiger partial charge on any atom is -0.496 e. The fourth-order valence-electron chi connectivity index (χ4n) is 4.56. The number of pyridine rings is 1. The van der Waals surface area contributed by atoms with Gasteiger partial charge in [-0.2, -0.15) is 5.10 Å². The normalized spacial score (nSPS) is 15.5. The molecule has 1 saturated heterocycles. The van der Waals surface area contributed by atoms with E-state index in [1.165, 1.54) is 7.11 Å². The number of nitrogens with zero attached hydrogens (tertiary/aromatic N) is 2. The third kappa shape index (κ3) is 4.50. The molecular formula is C24H29ClN4O4. The van der Waals surface area contributed by atoms with Crippen LogP contribution in [0.5, 0.6) is 5.75 Å². The van der Waals surface area contributed by atoms with Crippen LogP contribution < -0.4 is 15.6 Å². The zero-order valence-electron chi connectivity index (χ0n) is 19.3. The summed E-state index contributed by atoms with van der Waals surface area (Å²) in [6, 6.07) is 5.45. The third-order valence-electron chi connectivity index (χ3n) is 6.40. The lowest BCUT2D eigenvalue weighted by Crippen LogP contribution is -2.27. The second-order valence-electron chi connectivity index (χ2n) is 8.60. The molecule has 4 heterocycles. The van der Waals surface area contributed by atoms with E-state index in [0.717, 1.165) is 37.4 Å². The Labute approximate surface area is 197 Å². The van der Waals surface area contributed by atoms with E-state index in [1.807, 2.05) is 19.1 Å². The number of halogens is 1. The number of aromatic amines is 1. The predicted octanol–water partition coefficient (Wildman–Crippen LogP) is 3.76. The lowest BCUT2D eigenvalue weighted by atomic mass is 9.85. The molecule has 33 heavy (non-hydrogen) atoms. The van der Waals surface area contributed by atoms with E-state index in [4.69, 9.17) is 21.1 Å². The summed E-state index contributed by atoms with van der Waals surface area (Å²) in [5.74, 6) is 0.554. The van der Waals surface area contributed by atoms with Crippen molar-refractivity contribution < 1.29 is 14.3 Å². The molecule has 0 saturated carbocycles. The zero-order chi connectivity index (χ0) is 23.7. The van der Waals surface area contributed by atoms with Crippen LogP contribution in [0.1, 0.15) is 58.7 Å². The summed E-state index contributed by atoms with van der Waals surface area (Å²) in [6.45, 7) is 7.27. The van der Waals surface area contributed by atoms with Crippen molar-refractivity contribution in [3.63, 3.8) is 0 Å². The number of carbonyl (C=O) groups is 1. The van der Waals surface area contributed by atoms with Crippen LogP contribution in [0.15, 0.2) is 23.0 Å². The van der Waals surface area contributed by atoms with Crippen molar-refractivity contribution in [3.8, 4) is 5.75 Å². The van der Waals surface area contributed by atoms with Crippen LogP contribution in [-0.4, -0.2) is 40.8 Å². The molecule has 1 aliphatic rings. The molecular weight excluding hydrogens is 444 g/mol. The molecule has 1 fully saturated rings. The second kappa shape index (κ2) is 9.57. The maximum absolute atomic E-state index is 13.3. The summed E-state index contributed by atoms with van der Waals surface area (Å²) in [6.07, 6.45) is 1.88. The molecule has 0 bridgehead atoms. The highest BCUT2D eigenvalue weighted by molar-refractivity contribution is 6.36. The van der Waals surface area contributed by atoms with Gasteiger partial charge in [0.15, 0.2) is 0 Å². The van der Waals surface area contributed by atoms with Gasteiger partial charge in [-0.15, -0.1) is 0 Å². The molecule has 3 aromatic heterocycles. The van der Waals surface area contributed by atoms with E-state index in [1.54, 1.807) is 17.5 Å². The molecule has 1 aliphatic heterocycles. The molecule has 8 nitrogen and oxygen atoms in total. The first-order chi connectivity index (χ1) is 15.8. The minimum atomic E-state index is -0.365. The van der Waals surface area contributed by atoms with Crippen LogP contribution in [0.2, 0.25) is 5.02 Å². The number of H-pyrrole nitrogens is 1. The number of fused-ring (bicyclic) bond motifs is 1. The Morgan fingerprint density at radius 1 is 1.36 bits per heavy atom. The van der Waals surface area contributed by atoms with Gasteiger partial charge in [-0.25, -0.2) is 4.52 Å². The van der Waals surface area contributed by atoms with E-state index in [2.05, 4.69) is 22.3 Å². The summed E-state index contributed by atoms with van der Waals surface area (Å²) in [4.78, 5) is 28.5. The van der Waals surface area contributed by atoms with Crippen LogP contribution in [0.25, 0.3) is 5.52 Å². The Balaban J connectivity index is 1.70. The smallest absolute Gasteiger partial charge is 0.256 e. The Hall–Kier alpha value is -2.84. The summed E-state index contributed by atoms with van der Waals surface area (Å²) in [5.41, 5.74) is 3.39. The number of methoxy groups -OCH3 is 1. The van der Waals surface area contributed by atoms with E-state index in [9.17, 15) is 9.59 Å². The Kier molecular flexibility index (Phi) is 6.76. The highest BCUT2D eigenvalue weighted by atomic mass is 35.5. The van der Waals surface area contributed by atoms with Crippen molar-refractivity contribution in [2.45, 2.75) is 46.1 Å². The van der Waals surface area contributed by atoms with Gasteiger partial charge in [-0.3, -0.25) is 9.59 Å². The summed E-state index contributed by atoms with van der Waals surface area (Å²) in [5, 5.41) is 7.91. The van der Waals surface area contributed by atoms with Crippen LogP contribution >= 0.6 is 11.6 Å². The van der Waals surface area contributed by atoms with Gasteiger partial charge >= 0.3 is 0 Å². The molecule has 0 aromatic carbocycles. The fourth-order valence-corrected chi connectivity index (χ4v) is 5.00. The van der Waals surface area contributed by atoms with Crippen LogP contribution in [0.3, 0.4) is 0 Å². The maximum Gasteiger partial charge on any atom is 0.256 e. The number of aryl methyl sites for hydroxylation is 2. The molecule has 176 valence electrons. The SMILES string of the molecule is COc1cc(C)[nH]c(=O)c1CNC(=O)c1c(Cl)c(C(C)C2CCOCC2)n2nc(C)ccc12. The number of amides is 1. The first-order valence-electron chi connectivity index (χ1n) is 11.1. The molecule has 2 N–H and O–H groups in total. The molecule has 3 aromatic rings. The van der Waals surface area contributed by atoms with E-state index < -0.39 is 0 Å². The molecule has 0 aliphatic carbocycles. The molecule has 0 spiro atoms. The Morgan fingerprint density at radius 3 is 2.79 bits per heavy atom. The molecule has 4 rings (SSSR count). The number of ether oxygens (including phenoxy) is 2.